The van der Waals surface area contributed by atoms with Crippen LogP contribution in [-0.2, 0) is 16.0 Å². The number of rotatable bonds is 4. The zero-order valence-corrected chi connectivity index (χ0v) is 14.9. The molecule has 1 atom stereocenters. The third-order valence-electron chi connectivity index (χ3n) is 5.18. The summed E-state index contributed by atoms with van der Waals surface area (Å²) in [7, 11) is 0. The first kappa shape index (κ1) is 16.6. The van der Waals surface area contributed by atoms with Gasteiger partial charge in [-0.2, -0.15) is 0 Å². The normalized spacial score (nSPS) is 19.0. The largest absolute Gasteiger partial charge is 0.359 e. The average Bonchev–Trinajstić information content (AvgIpc) is 3.19. The molecule has 5 heteroatoms. The van der Waals surface area contributed by atoms with Gasteiger partial charge in [0.05, 0.1) is 6.54 Å². The summed E-state index contributed by atoms with van der Waals surface area (Å²) in [5, 5.41) is 2.98. The molecule has 0 aromatic heterocycles. The monoisotopic (exact) mass is 349 g/mol. The van der Waals surface area contributed by atoms with Gasteiger partial charge in [0.15, 0.2) is 0 Å². The van der Waals surface area contributed by atoms with Crippen LogP contribution < -0.4 is 15.1 Å². The molecule has 4 rings (SSSR count). The Morgan fingerprint density at radius 3 is 2.85 bits per heavy atom. The molecule has 5 nitrogen and oxygen atoms in total. The summed E-state index contributed by atoms with van der Waals surface area (Å²) >= 11 is 0. The molecular formula is C21H23N3O2. The third kappa shape index (κ3) is 3.17. The lowest BCUT2D eigenvalue weighted by molar-refractivity contribution is -0.117. The molecular weight excluding hydrogens is 326 g/mol. The van der Waals surface area contributed by atoms with Gasteiger partial charge in [0.2, 0.25) is 11.8 Å². The Balaban J connectivity index is 1.45. The van der Waals surface area contributed by atoms with Crippen molar-refractivity contribution in [1.29, 1.82) is 0 Å². The zero-order valence-electron chi connectivity index (χ0n) is 14.9. The van der Waals surface area contributed by atoms with Crippen molar-refractivity contribution in [2.45, 2.75) is 32.2 Å². The van der Waals surface area contributed by atoms with Gasteiger partial charge in [0, 0.05) is 36.1 Å². The summed E-state index contributed by atoms with van der Waals surface area (Å²) in [4.78, 5) is 28.4. The fourth-order valence-corrected chi connectivity index (χ4v) is 3.90. The first-order valence-corrected chi connectivity index (χ1v) is 9.16. The molecule has 2 heterocycles. The molecule has 2 aliphatic rings. The number of nitrogens with zero attached hydrogens (tertiary/aromatic N) is 2. The highest BCUT2D eigenvalue weighted by Gasteiger charge is 2.27. The molecule has 26 heavy (non-hydrogen) atoms. The second-order valence-electron chi connectivity index (χ2n) is 7.06. The van der Waals surface area contributed by atoms with E-state index in [-0.39, 0.29) is 11.8 Å². The smallest absolute Gasteiger partial charge is 0.243 e. The standard InChI is InChI=1S/C21H23N3O2/c1-15-12-16-6-2-3-9-19(16)24(15)14-20(25)22-17-7-4-8-18(13-17)23-11-5-10-21(23)26/h2-4,6-9,13,15H,5,10-12,14H2,1H3,(H,22,25). The summed E-state index contributed by atoms with van der Waals surface area (Å²) < 4.78 is 0. The Morgan fingerprint density at radius 1 is 1.19 bits per heavy atom. The van der Waals surface area contributed by atoms with E-state index in [2.05, 4.69) is 29.3 Å². The van der Waals surface area contributed by atoms with E-state index in [0.29, 0.717) is 19.0 Å². The maximum atomic E-state index is 12.6. The van der Waals surface area contributed by atoms with Gasteiger partial charge in [-0.3, -0.25) is 9.59 Å². The number of hydrogen-bond donors (Lipinski definition) is 1. The second kappa shape index (κ2) is 6.83. The van der Waals surface area contributed by atoms with Crippen molar-refractivity contribution < 1.29 is 9.59 Å². The van der Waals surface area contributed by atoms with Crippen LogP contribution >= 0.6 is 0 Å². The Hall–Kier alpha value is -2.82. The highest BCUT2D eigenvalue weighted by Crippen LogP contribution is 2.31. The maximum Gasteiger partial charge on any atom is 0.243 e. The Kier molecular flexibility index (Phi) is 4.37. The summed E-state index contributed by atoms with van der Waals surface area (Å²) in [5.74, 6) is 0.106. The summed E-state index contributed by atoms with van der Waals surface area (Å²) in [6, 6.07) is 16.1. The van der Waals surface area contributed by atoms with E-state index in [0.717, 1.165) is 36.4 Å². The lowest BCUT2D eigenvalue weighted by atomic mass is 10.1. The minimum Gasteiger partial charge on any atom is -0.359 e. The van der Waals surface area contributed by atoms with Crippen LogP contribution in [0.5, 0.6) is 0 Å². The molecule has 1 unspecified atom stereocenters. The van der Waals surface area contributed by atoms with Gasteiger partial charge in [-0.15, -0.1) is 0 Å². The lowest BCUT2D eigenvalue weighted by Gasteiger charge is -2.24. The van der Waals surface area contributed by atoms with Crippen molar-refractivity contribution in [2.75, 3.05) is 28.2 Å². The van der Waals surface area contributed by atoms with Gasteiger partial charge < -0.3 is 15.1 Å². The van der Waals surface area contributed by atoms with Crippen LogP contribution in [-0.4, -0.2) is 30.9 Å². The van der Waals surface area contributed by atoms with E-state index >= 15 is 0 Å². The number of benzene rings is 2. The van der Waals surface area contributed by atoms with Gasteiger partial charge >= 0.3 is 0 Å². The summed E-state index contributed by atoms with van der Waals surface area (Å²) in [5.41, 5.74) is 4.02. The summed E-state index contributed by atoms with van der Waals surface area (Å²) in [6.45, 7) is 3.22. The number of carbonyl (C=O) groups excluding carboxylic acids is 2. The maximum absolute atomic E-state index is 12.6. The number of amides is 2. The summed E-state index contributed by atoms with van der Waals surface area (Å²) in [6.07, 6.45) is 2.46. The molecule has 1 fully saturated rings. The highest BCUT2D eigenvalue weighted by atomic mass is 16.2. The first-order chi connectivity index (χ1) is 12.6. The second-order valence-corrected chi connectivity index (χ2v) is 7.06. The molecule has 0 spiro atoms. The van der Waals surface area contributed by atoms with E-state index in [1.165, 1.54) is 5.56 Å². The molecule has 1 N–H and O–H groups in total. The van der Waals surface area contributed by atoms with Crippen molar-refractivity contribution in [3.05, 3.63) is 54.1 Å². The van der Waals surface area contributed by atoms with Crippen molar-refractivity contribution in [1.82, 2.24) is 0 Å². The van der Waals surface area contributed by atoms with Crippen molar-refractivity contribution in [2.24, 2.45) is 0 Å². The van der Waals surface area contributed by atoms with Gasteiger partial charge in [-0.1, -0.05) is 24.3 Å². The molecule has 1 saturated heterocycles. The van der Waals surface area contributed by atoms with Gasteiger partial charge in [0.1, 0.15) is 0 Å². The fourth-order valence-electron chi connectivity index (χ4n) is 3.90. The van der Waals surface area contributed by atoms with E-state index in [4.69, 9.17) is 0 Å². The minimum absolute atomic E-state index is 0.0431. The Morgan fingerprint density at radius 2 is 2.04 bits per heavy atom. The van der Waals surface area contributed by atoms with Gasteiger partial charge in [0.25, 0.3) is 0 Å². The quantitative estimate of drug-likeness (QED) is 0.922. The van der Waals surface area contributed by atoms with Crippen molar-refractivity contribution in [3.63, 3.8) is 0 Å². The SMILES string of the molecule is CC1Cc2ccccc2N1CC(=O)Nc1cccc(N2CCCC2=O)c1. The molecule has 134 valence electrons. The van der Waals surface area contributed by atoms with Crippen LogP contribution in [0.25, 0.3) is 0 Å². The molecule has 2 aromatic rings. The highest BCUT2D eigenvalue weighted by molar-refractivity contribution is 5.98. The molecule has 0 radical (unpaired) electrons. The predicted molar refractivity (Wildman–Crippen MR) is 104 cm³/mol. The van der Waals surface area contributed by atoms with E-state index in [1.54, 1.807) is 4.90 Å². The van der Waals surface area contributed by atoms with E-state index in [1.807, 2.05) is 36.4 Å². The van der Waals surface area contributed by atoms with Crippen LogP contribution in [0.4, 0.5) is 17.1 Å². The van der Waals surface area contributed by atoms with Crippen molar-refractivity contribution in [3.8, 4) is 0 Å². The first-order valence-electron chi connectivity index (χ1n) is 9.16. The molecule has 0 aliphatic carbocycles. The third-order valence-corrected chi connectivity index (χ3v) is 5.18. The number of carbonyl (C=O) groups is 2. The molecule has 0 saturated carbocycles. The average molecular weight is 349 g/mol. The van der Waals surface area contributed by atoms with Crippen LogP contribution in [0.3, 0.4) is 0 Å². The van der Waals surface area contributed by atoms with Gasteiger partial charge in [-0.05, 0) is 49.6 Å². The minimum atomic E-state index is -0.0431. The molecule has 0 bridgehead atoms. The van der Waals surface area contributed by atoms with Gasteiger partial charge in [-0.25, -0.2) is 0 Å². The fraction of sp³-hybridized carbons (Fsp3) is 0.333. The number of fused-ring (bicyclic) bond motifs is 1. The van der Waals surface area contributed by atoms with Crippen LogP contribution in [0, 0.1) is 0 Å². The van der Waals surface area contributed by atoms with Crippen LogP contribution in [0.15, 0.2) is 48.5 Å². The Labute approximate surface area is 153 Å². The van der Waals surface area contributed by atoms with Crippen LogP contribution in [0.1, 0.15) is 25.3 Å². The van der Waals surface area contributed by atoms with Crippen LogP contribution in [0.2, 0.25) is 0 Å². The number of anilines is 3. The van der Waals surface area contributed by atoms with E-state index in [9.17, 15) is 9.59 Å². The zero-order chi connectivity index (χ0) is 18.1. The molecule has 2 amide bonds. The molecule has 2 aliphatic heterocycles. The number of para-hydroxylation sites is 1. The number of hydrogen-bond acceptors (Lipinski definition) is 3. The Bertz CT molecular complexity index is 849. The topological polar surface area (TPSA) is 52.7 Å². The lowest BCUT2D eigenvalue weighted by Crippen LogP contribution is -2.37. The predicted octanol–water partition coefficient (Wildman–Crippen LogP) is 3.20. The van der Waals surface area contributed by atoms with Crippen molar-refractivity contribution >= 4 is 28.9 Å². The molecule has 2 aromatic carbocycles. The number of nitrogens with one attached hydrogen (secondary N) is 1. The van der Waals surface area contributed by atoms with E-state index < -0.39 is 0 Å².